The standard InChI is InChI=1S/C21H24FN5O5S/c1-26(2)33(30,31)16-8-9-18-17(12-16)23-19(27(18)3)10-11-20(28)24-25-21(29)13-32-15-6-4-14(22)5-7-15/h4-9,12H,10-11,13H2,1-3H3,(H,24,28)(H,25,29). The Kier molecular flexibility index (Phi) is 7.29. The number of halogens is 1. The number of hydrazine groups is 1. The molecule has 176 valence electrons. The van der Waals surface area contributed by atoms with Crippen LogP contribution in [0, 0.1) is 5.82 Å². The molecule has 1 aromatic heterocycles. The fraction of sp³-hybridized carbons (Fsp3) is 0.286. The average Bonchev–Trinajstić information content (AvgIpc) is 3.10. The Morgan fingerprint density at radius 2 is 1.76 bits per heavy atom. The van der Waals surface area contributed by atoms with E-state index in [2.05, 4.69) is 15.8 Å². The Morgan fingerprint density at radius 3 is 2.42 bits per heavy atom. The predicted octanol–water partition coefficient (Wildman–Crippen LogP) is 1.12. The summed E-state index contributed by atoms with van der Waals surface area (Å²) in [5, 5.41) is 0. The van der Waals surface area contributed by atoms with Gasteiger partial charge in [-0.2, -0.15) is 0 Å². The van der Waals surface area contributed by atoms with Gasteiger partial charge in [0, 0.05) is 34.0 Å². The number of aryl methyl sites for hydroxylation is 2. The van der Waals surface area contributed by atoms with Crippen molar-refractivity contribution in [2.75, 3.05) is 20.7 Å². The molecule has 10 nitrogen and oxygen atoms in total. The fourth-order valence-corrected chi connectivity index (χ4v) is 3.89. The molecule has 0 radical (unpaired) electrons. The van der Waals surface area contributed by atoms with E-state index < -0.39 is 27.7 Å². The van der Waals surface area contributed by atoms with Gasteiger partial charge in [0.1, 0.15) is 17.4 Å². The highest BCUT2D eigenvalue weighted by Gasteiger charge is 2.19. The van der Waals surface area contributed by atoms with E-state index in [0.717, 1.165) is 9.82 Å². The second-order valence-electron chi connectivity index (χ2n) is 7.36. The van der Waals surface area contributed by atoms with Crippen LogP contribution in [0.25, 0.3) is 11.0 Å². The summed E-state index contributed by atoms with van der Waals surface area (Å²) >= 11 is 0. The summed E-state index contributed by atoms with van der Waals surface area (Å²) in [4.78, 5) is 28.5. The number of imidazole rings is 1. The van der Waals surface area contributed by atoms with E-state index in [4.69, 9.17) is 4.74 Å². The summed E-state index contributed by atoms with van der Waals surface area (Å²) in [7, 11) is 1.10. The number of fused-ring (bicyclic) bond motifs is 1. The molecule has 3 rings (SSSR count). The highest BCUT2D eigenvalue weighted by molar-refractivity contribution is 7.89. The number of rotatable bonds is 8. The summed E-state index contributed by atoms with van der Waals surface area (Å²) in [6, 6.07) is 9.86. The first-order valence-corrected chi connectivity index (χ1v) is 11.4. The predicted molar refractivity (Wildman–Crippen MR) is 118 cm³/mol. The van der Waals surface area contributed by atoms with Crippen LogP contribution in [0.5, 0.6) is 5.75 Å². The van der Waals surface area contributed by atoms with Crippen LogP contribution in [0.1, 0.15) is 12.2 Å². The highest BCUT2D eigenvalue weighted by atomic mass is 32.2. The number of carbonyl (C=O) groups excluding carboxylic acids is 2. The number of carbonyl (C=O) groups is 2. The van der Waals surface area contributed by atoms with Gasteiger partial charge in [-0.1, -0.05) is 0 Å². The van der Waals surface area contributed by atoms with Gasteiger partial charge >= 0.3 is 0 Å². The molecule has 3 aromatic rings. The normalized spacial score (nSPS) is 11.5. The van der Waals surface area contributed by atoms with E-state index in [-0.39, 0.29) is 24.3 Å². The van der Waals surface area contributed by atoms with Gasteiger partial charge in [0.2, 0.25) is 15.9 Å². The molecule has 0 saturated carbocycles. The molecule has 0 saturated heterocycles. The van der Waals surface area contributed by atoms with Crippen molar-refractivity contribution in [3.05, 3.63) is 54.1 Å². The molecule has 0 aliphatic rings. The Balaban J connectivity index is 1.53. The molecule has 0 unspecified atom stereocenters. The zero-order chi connectivity index (χ0) is 24.2. The molecule has 0 spiro atoms. The van der Waals surface area contributed by atoms with Gasteiger partial charge in [0.05, 0.1) is 15.9 Å². The molecular formula is C21H24FN5O5S. The smallest absolute Gasteiger partial charge is 0.276 e. The third kappa shape index (κ3) is 5.84. The van der Waals surface area contributed by atoms with Crippen LogP contribution in [0.4, 0.5) is 4.39 Å². The lowest BCUT2D eigenvalue weighted by atomic mass is 10.3. The lowest BCUT2D eigenvalue weighted by Gasteiger charge is -2.10. The second kappa shape index (κ2) is 9.96. The molecular weight excluding hydrogens is 453 g/mol. The number of nitrogens with zero attached hydrogens (tertiary/aromatic N) is 3. The third-order valence-electron chi connectivity index (χ3n) is 4.82. The molecule has 12 heteroatoms. The van der Waals surface area contributed by atoms with Crippen LogP contribution in [0.3, 0.4) is 0 Å². The van der Waals surface area contributed by atoms with Crippen molar-refractivity contribution in [1.82, 2.24) is 24.7 Å². The van der Waals surface area contributed by atoms with E-state index in [1.807, 2.05) is 0 Å². The summed E-state index contributed by atoms with van der Waals surface area (Å²) in [5.74, 6) is -0.524. The van der Waals surface area contributed by atoms with E-state index in [9.17, 15) is 22.4 Å². The number of ether oxygens (including phenoxy) is 1. The lowest BCUT2D eigenvalue weighted by Crippen LogP contribution is -2.43. The number of amides is 2. The number of aromatic nitrogens is 2. The molecule has 0 atom stereocenters. The minimum absolute atomic E-state index is 0.0408. The Hall–Kier alpha value is -3.51. The third-order valence-corrected chi connectivity index (χ3v) is 6.64. The first kappa shape index (κ1) is 24.1. The van der Waals surface area contributed by atoms with E-state index in [0.29, 0.717) is 17.1 Å². The Morgan fingerprint density at radius 1 is 1.09 bits per heavy atom. The second-order valence-corrected chi connectivity index (χ2v) is 9.52. The van der Waals surface area contributed by atoms with Crippen LogP contribution >= 0.6 is 0 Å². The van der Waals surface area contributed by atoms with Crippen LogP contribution in [-0.4, -0.2) is 54.8 Å². The zero-order valence-corrected chi connectivity index (χ0v) is 19.1. The van der Waals surface area contributed by atoms with Gasteiger partial charge in [-0.15, -0.1) is 0 Å². The molecule has 33 heavy (non-hydrogen) atoms. The van der Waals surface area contributed by atoms with Crippen molar-refractivity contribution in [3.63, 3.8) is 0 Å². The van der Waals surface area contributed by atoms with Crippen molar-refractivity contribution in [3.8, 4) is 5.75 Å². The maximum atomic E-state index is 12.9. The highest BCUT2D eigenvalue weighted by Crippen LogP contribution is 2.21. The summed E-state index contributed by atoms with van der Waals surface area (Å²) in [6.45, 7) is -0.352. The largest absolute Gasteiger partial charge is 0.484 e. The summed E-state index contributed by atoms with van der Waals surface area (Å²) in [6.07, 6.45) is 0.313. The molecule has 0 bridgehead atoms. The monoisotopic (exact) mass is 477 g/mol. The van der Waals surface area contributed by atoms with Crippen molar-refractivity contribution in [1.29, 1.82) is 0 Å². The maximum absolute atomic E-state index is 12.9. The topological polar surface area (TPSA) is 123 Å². The number of benzene rings is 2. The first-order chi connectivity index (χ1) is 15.6. The summed E-state index contributed by atoms with van der Waals surface area (Å²) < 4.78 is 45.6. The Labute approximate surface area is 190 Å². The molecule has 0 aliphatic heterocycles. The maximum Gasteiger partial charge on any atom is 0.276 e. The van der Waals surface area contributed by atoms with Crippen LogP contribution < -0.4 is 15.6 Å². The zero-order valence-electron chi connectivity index (χ0n) is 18.3. The van der Waals surface area contributed by atoms with E-state index in [1.54, 1.807) is 17.7 Å². The molecule has 0 aliphatic carbocycles. The molecule has 2 aromatic carbocycles. The average molecular weight is 478 g/mol. The van der Waals surface area contributed by atoms with Gasteiger partial charge in [0.25, 0.3) is 5.91 Å². The van der Waals surface area contributed by atoms with Gasteiger partial charge in [-0.3, -0.25) is 20.4 Å². The molecule has 2 amide bonds. The van der Waals surface area contributed by atoms with Crippen LogP contribution in [-0.2, 0) is 33.1 Å². The minimum atomic E-state index is -3.58. The van der Waals surface area contributed by atoms with E-state index >= 15 is 0 Å². The number of nitrogens with one attached hydrogen (secondary N) is 2. The van der Waals surface area contributed by atoms with Crippen molar-refractivity contribution in [2.24, 2.45) is 7.05 Å². The number of hydrogen-bond acceptors (Lipinski definition) is 6. The molecule has 0 fully saturated rings. The van der Waals surface area contributed by atoms with E-state index in [1.165, 1.54) is 50.5 Å². The molecule has 1 heterocycles. The van der Waals surface area contributed by atoms with Crippen LogP contribution in [0.15, 0.2) is 47.4 Å². The SMILES string of the molecule is CN(C)S(=O)(=O)c1ccc2c(c1)nc(CCC(=O)NNC(=O)COc1ccc(F)cc1)n2C. The first-order valence-electron chi connectivity index (χ1n) is 9.92. The van der Waals surface area contributed by atoms with Crippen LogP contribution in [0.2, 0.25) is 0 Å². The van der Waals surface area contributed by atoms with Crippen molar-refractivity contribution >= 4 is 32.9 Å². The van der Waals surface area contributed by atoms with Gasteiger partial charge < -0.3 is 9.30 Å². The fourth-order valence-electron chi connectivity index (χ4n) is 2.97. The lowest BCUT2D eigenvalue weighted by molar-refractivity contribution is -0.130. The number of hydrogen-bond donors (Lipinski definition) is 2. The van der Waals surface area contributed by atoms with Gasteiger partial charge in [-0.05, 0) is 42.5 Å². The quantitative estimate of drug-likeness (QED) is 0.469. The Bertz CT molecular complexity index is 1270. The van der Waals surface area contributed by atoms with Crippen molar-refractivity contribution in [2.45, 2.75) is 17.7 Å². The molecule has 2 N–H and O–H groups in total. The van der Waals surface area contributed by atoms with Crippen molar-refractivity contribution < 1.29 is 27.1 Å². The summed E-state index contributed by atoms with van der Waals surface area (Å²) in [5.41, 5.74) is 5.77. The minimum Gasteiger partial charge on any atom is -0.484 e. The van der Waals surface area contributed by atoms with Gasteiger partial charge in [-0.25, -0.2) is 22.1 Å². The number of sulfonamides is 1. The van der Waals surface area contributed by atoms with Gasteiger partial charge in [0.15, 0.2) is 6.61 Å².